The number of halogens is 2. The summed E-state index contributed by atoms with van der Waals surface area (Å²) in [5, 5.41) is 5.42. The molecule has 0 aromatic heterocycles. The van der Waals surface area contributed by atoms with Crippen LogP contribution in [-0.4, -0.2) is 54.5 Å². The monoisotopic (exact) mass is 432 g/mol. The third kappa shape index (κ3) is 6.92. The van der Waals surface area contributed by atoms with Gasteiger partial charge in [-0.25, -0.2) is 4.79 Å². The Kier molecular flexibility index (Phi) is 7.77. The molecule has 3 amide bonds. The van der Waals surface area contributed by atoms with Gasteiger partial charge in [-0.2, -0.15) is 8.78 Å². The molecule has 1 aliphatic heterocycles. The second-order valence-electron chi connectivity index (χ2n) is 7.30. The number of para-hydroxylation sites is 2. The zero-order chi connectivity index (χ0) is 22.2. The van der Waals surface area contributed by atoms with Gasteiger partial charge in [0.25, 0.3) is 0 Å². The summed E-state index contributed by atoms with van der Waals surface area (Å²) < 4.78 is 29.6. The molecule has 1 saturated heterocycles. The molecular formula is C22H26F2N4O3. The number of urea groups is 1. The number of nitrogens with zero attached hydrogens (tertiary/aromatic N) is 2. The summed E-state index contributed by atoms with van der Waals surface area (Å²) >= 11 is 0. The van der Waals surface area contributed by atoms with E-state index < -0.39 is 6.61 Å². The molecule has 0 aliphatic carbocycles. The molecule has 0 radical (unpaired) electrons. The quantitative estimate of drug-likeness (QED) is 0.724. The lowest BCUT2D eigenvalue weighted by atomic mass is 10.2. The fourth-order valence-corrected chi connectivity index (χ4v) is 3.45. The number of rotatable bonds is 6. The van der Waals surface area contributed by atoms with E-state index in [1.165, 1.54) is 19.1 Å². The number of amides is 3. The fourth-order valence-electron chi connectivity index (χ4n) is 3.45. The van der Waals surface area contributed by atoms with Crippen molar-refractivity contribution in [3.8, 4) is 5.75 Å². The largest absolute Gasteiger partial charge is 0.433 e. The van der Waals surface area contributed by atoms with Gasteiger partial charge in [-0.3, -0.25) is 9.69 Å². The van der Waals surface area contributed by atoms with E-state index >= 15 is 0 Å². The molecule has 31 heavy (non-hydrogen) atoms. The first kappa shape index (κ1) is 22.5. The van der Waals surface area contributed by atoms with E-state index in [9.17, 15) is 18.4 Å². The summed E-state index contributed by atoms with van der Waals surface area (Å²) in [7, 11) is 0. The Labute approximate surface area is 180 Å². The molecule has 166 valence electrons. The Balaban J connectivity index is 1.54. The highest BCUT2D eigenvalue weighted by Crippen LogP contribution is 2.26. The van der Waals surface area contributed by atoms with E-state index in [0.717, 1.165) is 30.8 Å². The number of anilines is 2. The van der Waals surface area contributed by atoms with Gasteiger partial charge in [0.15, 0.2) is 0 Å². The van der Waals surface area contributed by atoms with Crippen LogP contribution in [0.1, 0.15) is 18.9 Å². The van der Waals surface area contributed by atoms with Crippen LogP contribution in [0.3, 0.4) is 0 Å². The second kappa shape index (κ2) is 10.7. The number of hydrogen-bond acceptors (Lipinski definition) is 4. The Morgan fingerprint density at radius 3 is 2.45 bits per heavy atom. The van der Waals surface area contributed by atoms with Crippen molar-refractivity contribution in [1.82, 2.24) is 9.80 Å². The van der Waals surface area contributed by atoms with Gasteiger partial charge in [0.05, 0.1) is 5.69 Å². The van der Waals surface area contributed by atoms with Crippen molar-refractivity contribution in [3.05, 3.63) is 54.1 Å². The lowest BCUT2D eigenvalue weighted by molar-refractivity contribution is -0.114. The van der Waals surface area contributed by atoms with Gasteiger partial charge in [-0.1, -0.05) is 24.3 Å². The summed E-state index contributed by atoms with van der Waals surface area (Å²) in [5.74, 6) is -0.174. The first-order chi connectivity index (χ1) is 14.9. The third-order valence-corrected chi connectivity index (χ3v) is 4.90. The predicted molar refractivity (Wildman–Crippen MR) is 114 cm³/mol. The maximum Gasteiger partial charge on any atom is 0.387 e. The zero-order valence-corrected chi connectivity index (χ0v) is 17.3. The van der Waals surface area contributed by atoms with Crippen LogP contribution >= 0.6 is 0 Å². The number of carbonyl (C=O) groups excluding carboxylic acids is 2. The van der Waals surface area contributed by atoms with Gasteiger partial charge >= 0.3 is 12.6 Å². The van der Waals surface area contributed by atoms with Crippen LogP contribution in [0.2, 0.25) is 0 Å². The summed E-state index contributed by atoms with van der Waals surface area (Å²) in [6.07, 6.45) is 0.798. The van der Waals surface area contributed by atoms with E-state index in [0.29, 0.717) is 19.6 Å². The Morgan fingerprint density at radius 1 is 1.00 bits per heavy atom. The van der Waals surface area contributed by atoms with Crippen LogP contribution in [0.4, 0.5) is 25.0 Å². The Hall–Kier alpha value is -3.20. The molecule has 0 unspecified atom stereocenters. The van der Waals surface area contributed by atoms with Gasteiger partial charge in [0.2, 0.25) is 5.91 Å². The van der Waals surface area contributed by atoms with Gasteiger partial charge in [-0.05, 0) is 36.2 Å². The van der Waals surface area contributed by atoms with E-state index in [2.05, 4.69) is 20.3 Å². The molecule has 2 aromatic carbocycles. The van der Waals surface area contributed by atoms with Gasteiger partial charge in [-0.15, -0.1) is 0 Å². The molecular weight excluding hydrogens is 406 g/mol. The van der Waals surface area contributed by atoms with Crippen molar-refractivity contribution in [3.63, 3.8) is 0 Å². The molecule has 2 aromatic rings. The molecule has 0 atom stereocenters. The minimum Gasteiger partial charge on any atom is -0.433 e. The molecule has 0 saturated carbocycles. The van der Waals surface area contributed by atoms with Crippen molar-refractivity contribution >= 4 is 23.3 Å². The number of benzene rings is 2. The Morgan fingerprint density at radius 2 is 1.74 bits per heavy atom. The van der Waals surface area contributed by atoms with E-state index in [4.69, 9.17) is 0 Å². The summed E-state index contributed by atoms with van der Waals surface area (Å²) in [5.41, 5.74) is 2.09. The number of carbonyl (C=O) groups is 2. The second-order valence-corrected chi connectivity index (χ2v) is 7.30. The van der Waals surface area contributed by atoms with Crippen LogP contribution in [-0.2, 0) is 11.3 Å². The van der Waals surface area contributed by atoms with Crippen LogP contribution in [0.5, 0.6) is 5.75 Å². The minimum absolute atomic E-state index is 0.0648. The topological polar surface area (TPSA) is 73.9 Å². The summed E-state index contributed by atoms with van der Waals surface area (Å²) in [6, 6.07) is 13.5. The van der Waals surface area contributed by atoms with Crippen molar-refractivity contribution in [2.45, 2.75) is 26.5 Å². The first-order valence-corrected chi connectivity index (χ1v) is 10.1. The van der Waals surface area contributed by atoms with E-state index in [1.54, 1.807) is 17.0 Å². The predicted octanol–water partition coefficient (Wildman–Crippen LogP) is 3.99. The third-order valence-electron chi connectivity index (χ3n) is 4.90. The minimum atomic E-state index is -2.96. The lowest BCUT2D eigenvalue weighted by Crippen LogP contribution is -2.38. The van der Waals surface area contributed by atoms with Crippen molar-refractivity contribution < 1.29 is 23.1 Å². The molecule has 2 N–H and O–H groups in total. The van der Waals surface area contributed by atoms with Crippen molar-refractivity contribution in [2.24, 2.45) is 0 Å². The summed E-state index contributed by atoms with van der Waals surface area (Å²) in [6.45, 7) is 1.86. The standard InChI is InChI=1S/C22H26F2N4O3/c1-16(29)25-18-9-7-17(8-10-18)15-27-11-4-12-28(14-13-27)22(30)26-19-5-2-3-6-20(19)31-21(23)24/h2-3,5-10,21H,4,11-15H2,1H3,(H,25,29)(H,26,30). The van der Waals surface area contributed by atoms with E-state index in [-0.39, 0.29) is 23.4 Å². The molecule has 9 heteroatoms. The molecule has 1 aliphatic rings. The fraction of sp³-hybridized carbons (Fsp3) is 0.364. The van der Waals surface area contributed by atoms with Crippen LogP contribution in [0.25, 0.3) is 0 Å². The summed E-state index contributed by atoms with van der Waals surface area (Å²) in [4.78, 5) is 27.7. The average molecular weight is 432 g/mol. The highest BCUT2D eigenvalue weighted by Gasteiger charge is 2.20. The number of nitrogens with one attached hydrogen (secondary N) is 2. The molecule has 1 heterocycles. The van der Waals surface area contributed by atoms with Gasteiger partial charge < -0.3 is 20.3 Å². The molecule has 7 nitrogen and oxygen atoms in total. The van der Waals surface area contributed by atoms with Crippen LogP contribution < -0.4 is 15.4 Å². The smallest absolute Gasteiger partial charge is 0.387 e. The first-order valence-electron chi connectivity index (χ1n) is 10.1. The molecule has 0 spiro atoms. The highest BCUT2D eigenvalue weighted by molar-refractivity contribution is 5.91. The molecule has 0 bridgehead atoms. The average Bonchev–Trinajstić information content (AvgIpc) is 2.96. The van der Waals surface area contributed by atoms with Crippen molar-refractivity contribution in [2.75, 3.05) is 36.8 Å². The van der Waals surface area contributed by atoms with Crippen LogP contribution in [0.15, 0.2) is 48.5 Å². The zero-order valence-electron chi connectivity index (χ0n) is 17.3. The number of alkyl halides is 2. The van der Waals surface area contributed by atoms with Gasteiger partial charge in [0, 0.05) is 45.3 Å². The lowest BCUT2D eigenvalue weighted by Gasteiger charge is -2.23. The SMILES string of the molecule is CC(=O)Nc1ccc(CN2CCCN(C(=O)Nc3ccccc3OC(F)F)CC2)cc1. The van der Waals surface area contributed by atoms with Crippen LogP contribution in [0, 0.1) is 0 Å². The number of hydrogen-bond donors (Lipinski definition) is 2. The van der Waals surface area contributed by atoms with E-state index in [1.807, 2.05) is 24.3 Å². The van der Waals surface area contributed by atoms with Crippen molar-refractivity contribution in [1.29, 1.82) is 0 Å². The Bertz CT molecular complexity index is 893. The van der Waals surface area contributed by atoms with Gasteiger partial charge in [0.1, 0.15) is 5.75 Å². The highest BCUT2D eigenvalue weighted by atomic mass is 19.3. The molecule has 3 rings (SSSR count). The maximum absolute atomic E-state index is 12.7. The number of ether oxygens (including phenoxy) is 1. The maximum atomic E-state index is 12.7. The normalized spacial score (nSPS) is 14.8. The molecule has 1 fully saturated rings.